The van der Waals surface area contributed by atoms with Crippen LogP contribution in [-0.2, 0) is 0 Å². The van der Waals surface area contributed by atoms with E-state index in [1.165, 1.54) is 4.88 Å². The molecule has 0 saturated heterocycles. The maximum Gasteiger partial charge on any atom is 0.132 e. The minimum atomic E-state index is 0.309. The third-order valence-electron chi connectivity index (χ3n) is 2.71. The van der Waals surface area contributed by atoms with Crippen LogP contribution in [0, 0.1) is 6.92 Å². The molecule has 2 heterocycles. The highest BCUT2D eigenvalue weighted by molar-refractivity contribution is 7.10. The molecule has 4 nitrogen and oxygen atoms in total. The number of nitrogens with one attached hydrogen (secondary N) is 2. The molecule has 0 fully saturated rings. The molecule has 2 rings (SSSR count). The monoisotopic (exact) mass is 262 g/mol. The van der Waals surface area contributed by atoms with Gasteiger partial charge in [-0.3, -0.25) is 0 Å². The van der Waals surface area contributed by atoms with Crippen LogP contribution in [0.3, 0.4) is 0 Å². The second-order valence-corrected chi connectivity index (χ2v) is 5.04. The number of nitrogens with zero attached hydrogens (tertiary/aromatic N) is 2. The summed E-state index contributed by atoms with van der Waals surface area (Å²) in [6, 6.07) is 6.47. The molecule has 0 bridgehead atoms. The number of anilines is 2. The Labute approximate surface area is 111 Å². The Morgan fingerprint density at radius 2 is 2.11 bits per heavy atom. The van der Waals surface area contributed by atoms with Crippen LogP contribution in [-0.4, -0.2) is 17.0 Å². The lowest BCUT2D eigenvalue weighted by Gasteiger charge is -2.16. The predicted octanol–water partition coefficient (Wildman–Crippen LogP) is 3.45. The predicted molar refractivity (Wildman–Crippen MR) is 77.3 cm³/mol. The molecule has 18 heavy (non-hydrogen) atoms. The van der Waals surface area contributed by atoms with Crippen LogP contribution in [0.1, 0.15) is 30.1 Å². The Morgan fingerprint density at radius 1 is 1.33 bits per heavy atom. The summed E-state index contributed by atoms with van der Waals surface area (Å²) in [6.07, 6.45) is 1.03. The lowest BCUT2D eigenvalue weighted by Crippen LogP contribution is -2.10. The average molecular weight is 262 g/mol. The SMILES string of the molecule is CCC(Nc1cc(NC)nc(C)n1)c1cccs1. The summed E-state index contributed by atoms with van der Waals surface area (Å²) in [4.78, 5) is 10.0. The van der Waals surface area contributed by atoms with E-state index in [-0.39, 0.29) is 0 Å². The van der Waals surface area contributed by atoms with Gasteiger partial charge >= 0.3 is 0 Å². The van der Waals surface area contributed by atoms with Crippen LogP contribution in [0.2, 0.25) is 0 Å². The molecule has 0 aliphatic heterocycles. The minimum Gasteiger partial charge on any atom is -0.373 e. The van der Waals surface area contributed by atoms with Crippen molar-refractivity contribution in [3.8, 4) is 0 Å². The van der Waals surface area contributed by atoms with Gasteiger partial charge in [-0.05, 0) is 24.8 Å². The molecular weight excluding hydrogens is 244 g/mol. The van der Waals surface area contributed by atoms with E-state index in [4.69, 9.17) is 0 Å². The van der Waals surface area contributed by atoms with E-state index in [2.05, 4.69) is 45.0 Å². The number of hydrogen-bond acceptors (Lipinski definition) is 5. The summed E-state index contributed by atoms with van der Waals surface area (Å²) in [5.74, 6) is 2.48. The molecule has 0 aromatic carbocycles. The van der Waals surface area contributed by atoms with Gasteiger partial charge in [-0.2, -0.15) is 0 Å². The molecule has 0 aliphatic carbocycles. The summed E-state index contributed by atoms with van der Waals surface area (Å²) < 4.78 is 0. The molecule has 0 spiro atoms. The Bertz CT molecular complexity index is 496. The number of rotatable bonds is 5. The van der Waals surface area contributed by atoms with Gasteiger partial charge in [0.25, 0.3) is 0 Å². The van der Waals surface area contributed by atoms with Crippen LogP contribution in [0.4, 0.5) is 11.6 Å². The van der Waals surface area contributed by atoms with Crippen molar-refractivity contribution in [3.63, 3.8) is 0 Å². The van der Waals surface area contributed by atoms with Crippen LogP contribution in [0.5, 0.6) is 0 Å². The fourth-order valence-corrected chi connectivity index (χ4v) is 2.67. The van der Waals surface area contributed by atoms with Gasteiger partial charge in [0.05, 0.1) is 6.04 Å². The molecule has 0 radical (unpaired) electrons. The van der Waals surface area contributed by atoms with E-state index in [0.29, 0.717) is 6.04 Å². The third-order valence-corrected chi connectivity index (χ3v) is 3.70. The number of thiophene rings is 1. The quantitative estimate of drug-likeness (QED) is 0.866. The second kappa shape index (κ2) is 5.82. The van der Waals surface area contributed by atoms with Gasteiger partial charge in [0.15, 0.2) is 0 Å². The van der Waals surface area contributed by atoms with Gasteiger partial charge in [-0.25, -0.2) is 9.97 Å². The first kappa shape index (κ1) is 12.8. The van der Waals surface area contributed by atoms with E-state index in [1.54, 1.807) is 11.3 Å². The van der Waals surface area contributed by atoms with E-state index in [9.17, 15) is 0 Å². The molecule has 1 atom stereocenters. The van der Waals surface area contributed by atoms with E-state index < -0.39 is 0 Å². The molecule has 1 unspecified atom stereocenters. The Morgan fingerprint density at radius 3 is 2.72 bits per heavy atom. The molecule has 2 aromatic heterocycles. The van der Waals surface area contributed by atoms with Crippen molar-refractivity contribution >= 4 is 23.0 Å². The van der Waals surface area contributed by atoms with E-state index >= 15 is 0 Å². The Kier molecular flexibility index (Phi) is 4.15. The van der Waals surface area contributed by atoms with Crippen LogP contribution >= 0.6 is 11.3 Å². The molecule has 5 heteroatoms. The van der Waals surface area contributed by atoms with Crippen molar-refractivity contribution in [3.05, 3.63) is 34.3 Å². The normalized spacial score (nSPS) is 12.2. The maximum atomic E-state index is 4.42. The standard InChI is InChI=1S/C13H18N4S/c1-4-10(11-6-5-7-18-11)17-13-8-12(14-3)15-9(2)16-13/h5-8,10H,4H2,1-3H3,(H2,14,15,16,17). The topological polar surface area (TPSA) is 49.8 Å². The fourth-order valence-electron chi connectivity index (χ4n) is 1.81. The molecule has 2 aromatic rings. The van der Waals surface area contributed by atoms with Gasteiger partial charge in [-0.15, -0.1) is 11.3 Å². The highest BCUT2D eigenvalue weighted by Gasteiger charge is 2.11. The maximum absolute atomic E-state index is 4.42. The average Bonchev–Trinajstić information content (AvgIpc) is 2.89. The molecular formula is C13H18N4S. The summed E-state index contributed by atoms with van der Waals surface area (Å²) in [5.41, 5.74) is 0. The Hall–Kier alpha value is -1.62. The Balaban J connectivity index is 2.19. The lowest BCUT2D eigenvalue weighted by molar-refractivity contribution is 0.756. The highest BCUT2D eigenvalue weighted by Crippen LogP contribution is 2.26. The third kappa shape index (κ3) is 2.98. The van der Waals surface area contributed by atoms with E-state index in [0.717, 1.165) is 23.9 Å². The molecule has 2 N–H and O–H groups in total. The molecule has 0 saturated carbocycles. The molecule has 0 aliphatic rings. The smallest absolute Gasteiger partial charge is 0.132 e. The molecule has 0 amide bonds. The van der Waals surface area contributed by atoms with Crippen LogP contribution in [0.15, 0.2) is 23.6 Å². The zero-order chi connectivity index (χ0) is 13.0. The van der Waals surface area contributed by atoms with Gasteiger partial charge < -0.3 is 10.6 Å². The largest absolute Gasteiger partial charge is 0.373 e. The second-order valence-electron chi connectivity index (χ2n) is 4.06. The zero-order valence-corrected chi connectivity index (χ0v) is 11.7. The highest BCUT2D eigenvalue weighted by atomic mass is 32.1. The lowest BCUT2D eigenvalue weighted by atomic mass is 10.2. The van der Waals surface area contributed by atoms with Crippen molar-refractivity contribution in [2.24, 2.45) is 0 Å². The van der Waals surface area contributed by atoms with Crippen LogP contribution in [0.25, 0.3) is 0 Å². The van der Waals surface area contributed by atoms with Gasteiger partial charge in [-0.1, -0.05) is 13.0 Å². The number of aromatic nitrogens is 2. The van der Waals surface area contributed by atoms with Gasteiger partial charge in [0.1, 0.15) is 17.5 Å². The summed E-state index contributed by atoms with van der Waals surface area (Å²) >= 11 is 1.77. The van der Waals surface area contributed by atoms with Crippen molar-refractivity contribution in [1.29, 1.82) is 0 Å². The summed E-state index contributed by atoms with van der Waals surface area (Å²) in [7, 11) is 1.86. The summed E-state index contributed by atoms with van der Waals surface area (Å²) in [5, 5.41) is 8.61. The zero-order valence-electron chi connectivity index (χ0n) is 10.9. The first-order chi connectivity index (χ1) is 8.72. The van der Waals surface area contributed by atoms with Crippen molar-refractivity contribution in [2.45, 2.75) is 26.3 Å². The molecule has 96 valence electrons. The van der Waals surface area contributed by atoms with E-state index in [1.807, 2.05) is 20.0 Å². The number of hydrogen-bond donors (Lipinski definition) is 2. The van der Waals surface area contributed by atoms with Gasteiger partial charge in [0.2, 0.25) is 0 Å². The van der Waals surface area contributed by atoms with Crippen molar-refractivity contribution in [2.75, 3.05) is 17.7 Å². The first-order valence-electron chi connectivity index (χ1n) is 6.06. The first-order valence-corrected chi connectivity index (χ1v) is 6.94. The number of aryl methyl sites for hydroxylation is 1. The summed E-state index contributed by atoms with van der Waals surface area (Å²) in [6.45, 7) is 4.07. The minimum absolute atomic E-state index is 0.309. The fraction of sp³-hybridized carbons (Fsp3) is 0.385. The van der Waals surface area contributed by atoms with Crippen molar-refractivity contribution < 1.29 is 0 Å². The van der Waals surface area contributed by atoms with Gasteiger partial charge in [0, 0.05) is 18.0 Å². The van der Waals surface area contributed by atoms with Crippen LogP contribution < -0.4 is 10.6 Å². The van der Waals surface area contributed by atoms with Crippen molar-refractivity contribution in [1.82, 2.24) is 9.97 Å².